The van der Waals surface area contributed by atoms with Crippen LogP contribution in [0.4, 0.5) is 19.0 Å². The number of methoxy groups -OCH3 is 1. The van der Waals surface area contributed by atoms with Gasteiger partial charge in [-0.3, -0.25) is 4.79 Å². The Hall–Kier alpha value is -1.00. The number of alkyl halides is 3. The summed E-state index contributed by atoms with van der Waals surface area (Å²) in [4.78, 5) is 19.3. The Morgan fingerprint density at radius 3 is 2.38 bits per heavy atom. The Kier molecular flexibility index (Phi) is 9.97. The second kappa shape index (κ2) is 10.4. The van der Waals surface area contributed by atoms with Crippen molar-refractivity contribution >= 4 is 48.1 Å². The molecule has 1 aromatic heterocycles. The number of hydrogen-bond acceptors (Lipinski definition) is 5. The molecule has 0 aromatic carbocycles. The van der Waals surface area contributed by atoms with E-state index in [4.69, 9.17) is 22.1 Å². The monoisotopic (exact) mass is 438 g/mol. The Labute approximate surface area is 166 Å². The molecule has 6 nitrogen and oxygen atoms in total. The van der Waals surface area contributed by atoms with E-state index in [1.165, 1.54) is 7.11 Å². The fourth-order valence-electron chi connectivity index (χ4n) is 2.44. The second-order valence-corrected chi connectivity index (χ2v) is 5.81. The van der Waals surface area contributed by atoms with E-state index in [0.717, 1.165) is 12.3 Å². The van der Waals surface area contributed by atoms with Gasteiger partial charge in [0, 0.05) is 39.5 Å². The average molecular weight is 440 g/mol. The van der Waals surface area contributed by atoms with E-state index in [-0.39, 0.29) is 48.2 Å². The number of carbonyl (C=O) groups excluding carboxylic acids is 1. The number of rotatable bonds is 4. The van der Waals surface area contributed by atoms with Crippen molar-refractivity contribution in [1.82, 2.24) is 9.88 Å². The summed E-state index contributed by atoms with van der Waals surface area (Å²) in [5.41, 5.74) is 4.82. The third kappa shape index (κ3) is 6.02. The molecular weight excluding hydrogens is 420 g/mol. The third-order valence-corrected chi connectivity index (χ3v) is 3.98. The molecule has 150 valence electrons. The summed E-state index contributed by atoms with van der Waals surface area (Å²) >= 11 is 5.94. The number of pyridine rings is 1. The smallest absolute Gasteiger partial charge is 0.383 e. The van der Waals surface area contributed by atoms with Crippen LogP contribution in [0.3, 0.4) is 0 Å². The lowest BCUT2D eigenvalue weighted by molar-refractivity contribution is -0.138. The molecule has 1 aliphatic heterocycles. The molecule has 2 rings (SSSR count). The van der Waals surface area contributed by atoms with E-state index in [0.29, 0.717) is 26.2 Å². The highest BCUT2D eigenvalue weighted by Crippen LogP contribution is 2.33. The molecule has 2 N–H and O–H groups in total. The Morgan fingerprint density at radius 2 is 1.92 bits per heavy atom. The quantitative estimate of drug-likeness (QED) is 0.779. The number of carbonyl (C=O) groups is 1. The zero-order chi connectivity index (χ0) is 17.9. The maximum Gasteiger partial charge on any atom is 0.417 e. The van der Waals surface area contributed by atoms with Crippen LogP contribution in [0.1, 0.15) is 5.56 Å². The summed E-state index contributed by atoms with van der Waals surface area (Å²) in [6, 6.07) is 0.130. The molecule has 0 bridgehead atoms. The minimum Gasteiger partial charge on any atom is -0.383 e. The Morgan fingerprint density at radius 1 is 1.35 bits per heavy atom. The van der Waals surface area contributed by atoms with Crippen molar-refractivity contribution in [2.24, 2.45) is 5.73 Å². The van der Waals surface area contributed by atoms with Crippen LogP contribution >= 0.6 is 36.4 Å². The molecule has 1 fully saturated rings. The maximum atomic E-state index is 12.6. The van der Waals surface area contributed by atoms with Crippen LogP contribution in [0, 0.1) is 0 Å². The SMILES string of the molecule is COCC(N)C(=O)N1CCN(c2ncc(C(F)(F)F)cc2Cl)CC1.Cl.Cl. The van der Waals surface area contributed by atoms with Crippen LogP contribution in [0.5, 0.6) is 0 Å². The number of nitrogens with zero attached hydrogens (tertiary/aromatic N) is 3. The van der Waals surface area contributed by atoms with E-state index < -0.39 is 17.8 Å². The normalized spacial score (nSPS) is 15.8. The van der Waals surface area contributed by atoms with Crippen molar-refractivity contribution in [3.63, 3.8) is 0 Å². The lowest BCUT2D eigenvalue weighted by Gasteiger charge is -2.36. The van der Waals surface area contributed by atoms with Gasteiger partial charge in [0.25, 0.3) is 0 Å². The van der Waals surface area contributed by atoms with E-state index >= 15 is 0 Å². The number of amides is 1. The van der Waals surface area contributed by atoms with E-state index in [1.54, 1.807) is 9.80 Å². The Balaban J connectivity index is 0.00000312. The highest BCUT2D eigenvalue weighted by atomic mass is 35.5. The third-order valence-electron chi connectivity index (χ3n) is 3.70. The molecule has 1 atom stereocenters. The minimum atomic E-state index is -4.49. The maximum absolute atomic E-state index is 12.6. The van der Waals surface area contributed by atoms with Gasteiger partial charge in [-0.05, 0) is 6.07 Å². The van der Waals surface area contributed by atoms with Gasteiger partial charge >= 0.3 is 6.18 Å². The number of ether oxygens (including phenoxy) is 1. The van der Waals surface area contributed by atoms with E-state index in [1.807, 2.05) is 0 Å². The largest absolute Gasteiger partial charge is 0.417 e. The topological polar surface area (TPSA) is 71.7 Å². The van der Waals surface area contributed by atoms with Gasteiger partial charge in [0.1, 0.15) is 11.9 Å². The van der Waals surface area contributed by atoms with Gasteiger partial charge in [-0.15, -0.1) is 24.8 Å². The van der Waals surface area contributed by atoms with Crippen molar-refractivity contribution in [3.8, 4) is 0 Å². The Bertz CT molecular complexity index is 599. The molecule has 2 heterocycles. The number of nitrogens with two attached hydrogens (primary N) is 1. The zero-order valence-electron chi connectivity index (χ0n) is 13.8. The minimum absolute atomic E-state index is 0. The fourth-order valence-corrected chi connectivity index (χ4v) is 2.73. The molecule has 12 heteroatoms. The van der Waals surface area contributed by atoms with Crippen molar-refractivity contribution in [2.45, 2.75) is 12.2 Å². The van der Waals surface area contributed by atoms with Gasteiger partial charge in [-0.1, -0.05) is 11.6 Å². The summed E-state index contributed by atoms with van der Waals surface area (Å²) in [6.45, 7) is 1.71. The summed E-state index contributed by atoms with van der Waals surface area (Å²) in [5, 5.41) is -0.0688. The highest BCUT2D eigenvalue weighted by molar-refractivity contribution is 6.33. The first kappa shape index (κ1) is 25.0. The van der Waals surface area contributed by atoms with Crippen molar-refractivity contribution in [1.29, 1.82) is 0 Å². The molecule has 1 amide bonds. The molecular formula is C14H20Cl3F3N4O2. The van der Waals surface area contributed by atoms with Crippen LogP contribution < -0.4 is 10.6 Å². The lowest BCUT2D eigenvalue weighted by Crippen LogP contribution is -2.54. The van der Waals surface area contributed by atoms with E-state index in [9.17, 15) is 18.0 Å². The van der Waals surface area contributed by atoms with Gasteiger partial charge < -0.3 is 20.3 Å². The summed E-state index contributed by atoms with van der Waals surface area (Å²) in [6.07, 6.45) is -3.73. The van der Waals surface area contributed by atoms with Gasteiger partial charge in [-0.25, -0.2) is 4.98 Å². The number of hydrogen-bond donors (Lipinski definition) is 1. The first-order chi connectivity index (χ1) is 11.2. The van der Waals surface area contributed by atoms with Crippen LogP contribution in [0.2, 0.25) is 5.02 Å². The molecule has 26 heavy (non-hydrogen) atoms. The standard InChI is InChI=1S/C14H18ClF3N4O2.2ClH/c1-24-8-11(19)13(23)22-4-2-21(3-5-22)12-10(15)6-9(7-20-12)14(16,17)18;;/h6-7,11H,2-5,8,19H2,1H3;2*1H. The number of halogens is 6. The number of aromatic nitrogens is 1. The molecule has 1 saturated heterocycles. The van der Waals surface area contributed by atoms with Crippen LogP contribution in [-0.4, -0.2) is 61.7 Å². The summed E-state index contributed by atoms with van der Waals surface area (Å²) in [7, 11) is 1.46. The van der Waals surface area contributed by atoms with Gasteiger partial charge in [0.05, 0.1) is 17.2 Å². The highest BCUT2D eigenvalue weighted by Gasteiger charge is 2.32. The van der Waals surface area contributed by atoms with Crippen molar-refractivity contribution in [2.75, 3.05) is 44.8 Å². The predicted octanol–water partition coefficient (Wildman–Crippen LogP) is 2.22. The zero-order valence-corrected chi connectivity index (χ0v) is 16.2. The van der Waals surface area contributed by atoms with Gasteiger partial charge in [0.15, 0.2) is 0 Å². The first-order valence-corrected chi connectivity index (χ1v) is 7.63. The first-order valence-electron chi connectivity index (χ1n) is 7.25. The molecule has 1 aliphatic rings. The van der Waals surface area contributed by atoms with Crippen LogP contribution in [-0.2, 0) is 15.7 Å². The average Bonchev–Trinajstić information content (AvgIpc) is 2.53. The fraction of sp³-hybridized carbons (Fsp3) is 0.571. The van der Waals surface area contributed by atoms with Crippen molar-refractivity contribution < 1.29 is 22.7 Å². The lowest BCUT2D eigenvalue weighted by atomic mass is 10.2. The van der Waals surface area contributed by atoms with Crippen molar-refractivity contribution in [3.05, 3.63) is 22.8 Å². The molecule has 1 aromatic rings. The molecule has 0 radical (unpaired) electrons. The van der Waals surface area contributed by atoms with Crippen LogP contribution in [0.15, 0.2) is 12.3 Å². The second-order valence-electron chi connectivity index (χ2n) is 5.40. The summed E-state index contributed by atoms with van der Waals surface area (Å²) in [5.74, 6) is 0.0564. The summed E-state index contributed by atoms with van der Waals surface area (Å²) < 4.78 is 42.8. The van der Waals surface area contributed by atoms with E-state index in [2.05, 4.69) is 4.98 Å². The molecule has 1 unspecified atom stereocenters. The molecule has 0 aliphatic carbocycles. The molecule has 0 saturated carbocycles. The van der Waals surface area contributed by atoms with Crippen LogP contribution in [0.25, 0.3) is 0 Å². The number of anilines is 1. The predicted molar refractivity (Wildman–Crippen MR) is 97.4 cm³/mol. The van der Waals surface area contributed by atoms with Gasteiger partial charge in [-0.2, -0.15) is 13.2 Å². The molecule has 0 spiro atoms. The van der Waals surface area contributed by atoms with Gasteiger partial charge in [0.2, 0.25) is 5.91 Å². The number of piperazine rings is 1.